The van der Waals surface area contributed by atoms with Gasteiger partial charge >= 0.3 is 5.97 Å². The van der Waals surface area contributed by atoms with Crippen LogP contribution >= 0.6 is 0 Å². The average molecular weight is 274 g/mol. The van der Waals surface area contributed by atoms with Gasteiger partial charge in [-0.1, -0.05) is 40.7 Å². The third-order valence-electron chi connectivity index (χ3n) is 4.01. The van der Waals surface area contributed by atoms with Crippen molar-refractivity contribution in [2.75, 3.05) is 0 Å². The lowest BCUT2D eigenvalue weighted by atomic mass is 9.76. The molecule has 20 heavy (non-hydrogen) atoms. The summed E-state index contributed by atoms with van der Waals surface area (Å²) in [4.78, 5) is 11.8. The van der Waals surface area contributed by atoms with Crippen LogP contribution in [0.5, 0.6) is 5.75 Å². The molecule has 1 aliphatic rings. The van der Waals surface area contributed by atoms with E-state index < -0.39 is 0 Å². The third kappa shape index (κ3) is 3.23. The van der Waals surface area contributed by atoms with Crippen molar-refractivity contribution in [1.29, 1.82) is 0 Å². The first-order chi connectivity index (χ1) is 9.08. The molecular weight excluding hydrogens is 248 g/mol. The van der Waals surface area contributed by atoms with Gasteiger partial charge in [-0.15, -0.1) is 0 Å². The SMILES string of the molecule is Cc1cc(CCC(C)(C)C)cc2c1C(C)(C)CC(=O)O2. The van der Waals surface area contributed by atoms with Gasteiger partial charge in [-0.05, 0) is 42.4 Å². The molecule has 0 N–H and O–H groups in total. The molecule has 0 aromatic heterocycles. The van der Waals surface area contributed by atoms with E-state index in [0.29, 0.717) is 11.8 Å². The fraction of sp³-hybridized carbons (Fsp3) is 0.611. The van der Waals surface area contributed by atoms with Crippen molar-refractivity contribution < 1.29 is 9.53 Å². The van der Waals surface area contributed by atoms with Crippen LogP contribution in [0.1, 0.15) is 64.2 Å². The highest BCUT2D eigenvalue weighted by atomic mass is 16.5. The Bertz CT molecular complexity index is 533. The number of carbonyl (C=O) groups excluding carboxylic acids is 1. The van der Waals surface area contributed by atoms with E-state index in [1.807, 2.05) is 0 Å². The predicted molar refractivity (Wildman–Crippen MR) is 82.2 cm³/mol. The summed E-state index contributed by atoms with van der Waals surface area (Å²) in [5.74, 6) is 0.657. The van der Waals surface area contributed by atoms with Gasteiger partial charge in [0.2, 0.25) is 0 Å². The Kier molecular flexibility index (Phi) is 3.70. The first-order valence-electron chi connectivity index (χ1n) is 7.43. The summed E-state index contributed by atoms with van der Waals surface area (Å²) >= 11 is 0. The Morgan fingerprint density at radius 1 is 1.25 bits per heavy atom. The van der Waals surface area contributed by atoms with Gasteiger partial charge in [-0.2, -0.15) is 0 Å². The number of esters is 1. The van der Waals surface area contributed by atoms with Crippen LogP contribution < -0.4 is 4.74 Å². The zero-order valence-electron chi connectivity index (χ0n) is 13.6. The van der Waals surface area contributed by atoms with Gasteiger partial charge in [0.1, 0.15) is 5.75 Å². The van der Waals surface area contributed by atoms with Crippen molar-refractivity contribution in [1.82, 2.24) is 0 Å². The van der Waals surface area contributed by atoms with E-state index in [-0.39, 0.29) is 11.4 Å². The summed E-state index contributed by atoms with van der Waals surface area (Å²) in [5.41, 5.74) is 3.89. The maximum absolute atomic E-state index is 11.8. The molecule has 0 atom stereocenters. The molecular formula is C18H26O2. The van der Waals surface area contributed by atoms with Gasteiger partial charge in [-0.25, -0.2) is 0 Å². The van der Waals surface area contributed by atoms with E-state index >= 15 is 0 Å². The van der Waals surface area contributed by atoms with Crippen molar-refractivity contribution in [3.8, 4) is 5.75 Å². The number of fused-ring (bicyclic) bond motifs is 1. The van der Waals surface area contributed by atoms with Crippen LogP contribution in [0.15, 0.2) is 12.1 Å². The van der Waals surface area contributed by atoms with Crippen LogP contribution in [0.4, 0.5) is 0 Å². The lowest BCUT2D eigenvalue weighted by molar-refractivity contribution is -0.136. The zero-order chi connectivity index (χ0) is 15.1. The molecule has 0 radical (unpaired) electrons. The first kappa shape index (κ1) is 15.1. The van der Waals surface area contributed by atoms with Gasteiger partial charge in [0.25, 0.3) is 0 Å². The molecule has 1 heterocycles. The van der Waals surface area contributed by atoms with Crippen molar-refractivity contribution in [3.05, 3.63) is 28.8 Å². The van der Waals surface area contributed by atoms with E-state index in [2.05, 4.69) is 53.7 Å². The molecule has 1 aromatic carbocycles. The fourth-order valence-electron chi connectivity index (χ4n) is 3.05. The smallest absolute Gasteiger partial charge is 0.312 e. The predicted octanol–water partition coefficient (Wildman–Crippen LogP) is 4.56. The molecule has 2 rings (SSSR count). The van der Waals surface area contributed by atoms with E-state index in [4.69, 9.17) is 4.74 Å². The fourth-order valence-corrected chi connectivity index (χ4v) is 3.05. The van der Waals surface area contributed by atoms with Crippen molar-refractivity contribution >= 4 is 5.97 Å². The lowest BCUT2D eigenvalue weighted by Gasteiger charge is -2.33. The van der Waals surface area contributed by atoms with Gasteiger partial charge in [0, 0.05) is 11.0 Å². The van der Waals surface area contributed by atoms with Crippen LogP contribution in [-0.4, -0.2) is 5.97 Å². The molecule has 0 aliphatic carbocycles. The number of hydrogen-bond donors (Lipinski definition) is 0. The molecule has 0 amide bonds. The highest BCUT2D eigenvalue weighted by Crippen LogP contribution is 2.41. The van der Waals surface area contributed by atoms with Crippen LogP contribution in [0.2, 0.25) is 0 Å². The number of benzene rings is 1. The summed E-state index contributed by atoms with van der Waals surface area (Å²) in [5, 5.41) is 0. The Morgan fingerprint density at radius 3 is 2.50 bits per heavy atom. The Balaban J connectivity index is 2.35. The second-order valence-electron chi connectivity index (χ2n) is 7.88. The standard InChI is InChI=1S/C18H26O2/c1-12-9-13(7-8-17(2,3)4)10-14-16(12)18(5,6)11-15(19)20-14/h9-10H,7-8,11H2,1-6H3. The molecule has 1 aromatic rings. The maximum atomic E-state index is 11.8. The second kappa shape index (κ2) is 4.91. The molecule has 1 aliphatic heterocycles. The first-order valence-corrected chi connectivity index (χ1v) is 7.43. The molecule has 2 nitrogen and oxygen atoms in total. The Morgan fingerprint density at radius 2 is 1.90 bits per heavy atom. The Labute approximate surface area is 122 Å². The van der Waals surface area contributed by atoms with Gasteiger partial charge in [-0.3, -0.25) is 4.79 Å². The van der Waals surface area contributed by atoms with Crippen LogP contribution in [-0.2, 0) is 16.6 Å². The van der Waals surface area contributed by atoms with Crippen molar-refractivity contribution in [2.45, 2.75) is 66.2 Å². The summed E-state index contributed by atoms with van der Waals surface area (Å²) in [7, 11) is 0. The van der Waals surface area contributed by atoms with E-state index in [9.17, 15) is 4.79 Å². The van der Waals surface area contributed by atoms with Crippen LogP contribution in [0, 0.1) is 12.3 Å². The normalized spacial score (nSPS) is 17.6. The lowest BCUT2D eigenvalue weighted by Crippen LogP contribution is -2.31. The summed E-state index contributed by atoms with van der Waals surface area (Å²) in [6, 6.07) is 4.32. The summed E-state index contributed by atoms with van der Waals surface area (Å²) in [6.45, 7) is 13.1. The quantitative estimate of drug-likeness (QED) is 0.583. The Hall–Kier alpha value is -1.31. The van der Waals surface area contributed by atoms with Crippen molar-refractivity contribution in [3.63, 3.8) is 0 Å². The molecule has 0 saturated carbocycles. The van der Waals surface area contributed by atoms with Crippen LogP contribution in [0.25, 0.3) is 0 Å². The molecule has 110 valence electrons. The van der Waals surface area contributed by atoms with Crippen molar-refractivity contribution in [2.24, 2.45) is 5.41 Å². The molecule has 0 unspecified atom stereocenters. The minimum atomic E-state index is -0.128. The van der Waals surface area contributed by atoms with E-state index in [0.717, 1.165) is 18.6 Å². The monoisotopic (exact) mass is 274 g/mol. The maximum Gasteiger partial charge on any atom is 0.312 e. The third-order valence-corrected chi connectivity index (χ3v) is 4.01. The molecule has 0 spiro atoms. The largest absolute Gasteiger partial charge is 0.426 e. The number of ether oxygens (including phenoxy) is 1. The number of aryl methyl sites for hydroxylation is 2. The second-order valence-corrected chi connectivity index (χ2v) is 7.88. The van der Waals surface area contributed by atoms with Gasteiger partial charge in [0.05, 0.1) is 6.42 Å². The zero-order valence-corrected chi connectivity index (χ0v) is 13.6. The number of hydrogen-bond acceptors (Lipinski definition) is 2. The average Bonchev–Trinajstić information content (AvgIpc) is 2.22. The highest BCUT2D eigenvalue weighted by Gasteiger charge is 2.35. The number of rotatable bonds is 2. The molecule has 0 bridgehead atoms. The molecule has 2 heteroatoms. The molecule has 0 saturated heterocycles. The highest BCUT2D eigenvalue weighted by molar-refractivity contribution is 5.78. The minimum absolute atomic E-state index is 0.116. The minimum Gasteiger partial charge on any atom is -0.426 e. The molecule has 0 fully saturated rings. The van der Waals surface area contributed by atoms with E-state index in [1.54, 1.807) is 0 Å². The van der Waals surface area contributed by atoms with Crippen LogP contribution in [0.3, 0.4) is 0 Å². The topological polar surface area (TPSA) is 26.3 Å². The summed E-state index contributed by atoms with van der Waals surface area (Å²) < 4.78 is 5.48. The van der Waals surface area contributed by atoms with E-state index in [1.165, 1.54) is 16.7 Å². The van der Waals surface area contributed by atoms with Gasteiger partial charge < -0.3 is 4.74 Å². The van der Waals surface area contributed by atoms with Gasteiger partial charge in [0.15, 0.2) is 0 Å². The summed E-state index contributed by atoms with van der Waals surface area (Å²) in [6.07, 6.45) is 2.61. The number of carbonyl (C=O) groups is 1.